The van der Waals surface area contributed by atoms with Crippen LogP contribution in [0.15, 0.2) is 35.8 Å². The molecule has 0 atom stereocenters. The topological polar surface area (TPSA) is 108 Å². The van der Waals surface area contributed by atoms with Crippen molar-refractivity contribution in [2.24, 2.45) is 5.10 Å². The van der Waals surface area contributed by atoms with Crippen LogP contribution in [0.3, 0.4) is 0 Å². The number of pyridine rings is 2. The summed E-state index contributed by atoms with van der Waals surface area (Å²) >= 11 is 0. The van der Waals surface area contributed by atoms with Crippen LogP contribution < -0.4 is 5.43 Å². The quantitative estimate of drug-likeness (QED) is 0.568. The summed E-state index contributed by atoms with van der Waals surface area (Å²) in [6.45, 7) is 1.34. The first kappa shape index (κ1) is 20.8. The fourth-order valence-electron chi connectivity index (χ4n) is 1.65. The molecular formula is C14H16Cl2N4O3. The molecule has 0 aliphatic carbocycles. The summed E-state index contributed by atoms with van der Waals surface area (Å²) in [6, 6.07) is 3.11. The number of amides is 1. The Bertz CT molecular complexity index is 681. The second-order valence-corrected chi connectivity index (χ2v) is 4.22. The summed E-state index contributed by atoms with van der Waals surface area (Å²) in [6.07, 6.45) is 5.72. The average Bonchev–Trinajstić information content (AvgIpc) is 2.52. The Morgan fingerprint density at radius 3 is 2.61 bits per heavy atom. The lowest BCUT2D eigenvalue weighted by atomic mass is 10.1. The fourth-order valence-corrected chi connectivity index (χ4v) is 1.65. The Balaban J connectivity index is 0.00000242. The van der Waals surface area contributed by atoms with E-state index in [-0.39, 0.29) is 37.2 Å². The molecule has 2 aromatic heterocycles. The van der Waals surface area contributed by atoms with Crippen LogP contribution in [0.1, 0.15) is 27.2 Å². The minimum absolute atomic E-state index is 0. The number of rotatable bonds is 4. The molecule has 9 heteroatoms. The van der Waals surface area contributed by atoms with E-state index in [0.717, 1.165) is 0 Å². The summed E-state index contributed by atoms with van der Waals surface area (Å²) < 4.78 is 0. The number of hydrazone groups is 1. The summed E-state index contributed by atoms with van der Waals surface area (Å²) in [5.74, 6) is -0.479. The summed E-state index contributed by atoms with van der Waals surface area (Å²) in [5.41, 5.74) is 3.90. The first-order valence-electron chi connectivity index (χ1n) is 6.15. The number of carbonyl (C=O) groups excluding carboxylic acids is 1. The monoisotopic (exact) mass is 358 g/mol. The van der Waals surface area contributed by atoms with Crippen molar-refractivity contribution in [1.29, 1.82) is 0 Å². The van der Waals surface area contributed by atoms with E-state index in [1.165, 1.54) is 24.8 Å². The minimum atomic E-state index is -0.399. The van der Waals surface area contributed by atoms with Crippen molar-refractivity contribution in [3.05, 3.63) is 53.1 Å². The van der Waals surface area contributed by atoms with Gasteiger partial charge < -0.3 is 10.2 Å². The average molecular weight is 359 g/mol. The standard InChI is InChI=1S/C14H14N4O3.2ClH/c1-9-13(20)12(11(8-19)6-16-9)7-17-18-14(21)10-2-4-15-5-3-10;;/h2-7,19-20H,8H2,1H3,(H,18,21);2*1H/b17-7+;;. The second-order valence-electron chi connectivity index (χ2n) is 4.22. The highest BCUT2D eigenvalue weighted by atomic mass is 35.5. The van der Waals surface area contributed by atoms with Crippen LogP contribution in [0.25, 0.3) is 0 Å². The van der Waals surface area contributed by atoms with Gasteiger partial charge in [-0.05, 0) is 19.1 Å². The van der Waals surface area contributed by atoms with Gasteiger partial charge in [-0.2, -0.15) is 5.10 Å². The Labute approximate surface area is 145 Å². The zero-order valence-corrected chi connectivity index (χ0v) is 13.8. The normalized spacial score (nSPS) is 9.83. The van der Waals surface area contributed by atoms with Crippen LogP contribution in [-0.4, -0.2) is 32.3 Å². The van der Waals surface area contributed by atoms with Crippen molar-refractivity contribution < 1.29 is 15.0 Å². The molecule has 0 saturated heterocycles. The third-order valence-corrected chi connectivity index (χ3v) is 2.83. The van der Waals surface area contributed by atoms with Crippen molar-refractivity contribution in [3.8, 4) is 5.75 Å². The van der Waals surface area contributed by atoms with E-state index >= 15 is 0 Å². The molecule has 0 saturated carbocycles. The van der Waals surface area contributed by atoms with Crippen LogP contribution in [-0.2, 0) is 6.61 Å². The van der Waals surface area contributed by atoms with Gasteiger partial charge in [-0.1, -0.05) is 0 Å². The lowest BCUT2D eigenvalue weighted by molar-refractivity contribution is 0.0955. The van der Waals surface area contributed by atoms with E-state index in [1.807, 2.05) is 0 Å². The molecule has 0 aliphatic heterocycles. The maximum absolute atomic E-state index is 11.8. The number of carbonyl (C=O) groups is 1. The summed E-state index contributed by atoms with van der Waals surface area (Å²) in [4.78, 5) is 19.5. The van der Waals surface area contributed by atoms with Crippen molar-refractivity contribution in [2.45, 2.75) is 13.5 Å². The molecule has 0 bridgehead atoms. The third-order valence-electron chi connectivity index (χ3n) is 2.83. The van der Waals surface area contributed by atoms with Gasteiger partial charge in [0, 0.05) is 35.3 Å². The lowest BCUT2D eigenvalue weighted by Gasteiger charge is -2.07. The van der Waals surface area contributed by atoms with Gasteiger partial charge in [0.25, 0.3) is 5.91 Å². The van der Waals surface area contributed by atoms with Gasteiger partial charge >= 0.3 is 0 Å². The molecule has 0 spiro atoms. The van der Waals surface area contributed by atoms with Gasteiger partial charge in [-0.25, -0.2) is 5.43 Å². The predicted octanol–water partition coefficient (Wildman–Crippen LogP) is 1.59. The van der Waals surface area contributed by atoms with Crippen molar-refractivity contribution in [3.63, 3.8) is 0 Å². The number of hydrogen-bond donors (Lipinski definition) is 3. The number of aromatic nitrogens is 2. The first-order valence-corrected chi connectivity index (χ1v) is 6.15. The number of nitrogens with one attached hydrogen (secondary N) is 1. The Morgan fingerprint density at radius 2 is 2.00 bits per heavy atom. The van der Waals surface area contributed by atoms with Crippen LogP contribution in [0.4, 0.5) is 0 Å². The van der Waals surface area contributed by atoms with Crippen molar-refractivity contribution in [1.82, 2.24) is 15.4 Å². The number of halogens is 2. The Hall–Kier alpha value is -2.22. The number of aryl methyl sites for hydroxylation is 1. The molecule has 1 amide bonds. The van der Waals surface area contributed by atoms with E-state index in [4.69, 9.17) is 0 Å². The van der Waals surface area contributed by atoms with Crippen LogP contribution in [0.2, 0.25) is 0 Å². The van der Waals surface area contributed by atoms with E-state index < -0.39 is 5.91 Å². The highest BCUT2D eigenvalue weighted by Gasteiger charge is 2.09. The van der Waals surface area contributed by atoms with Gasteiger partial charge in [0.15, 0.2) is 0 Å². The number of aromatic hydroxyl groups is 1. The fraction of sp³-hybridized carbons (Fsp3) is 0.143. The number of aliphatic hydroxyl groups excluding tert-OH is 1. The van der Waals surface area contributed by atoms with Crippen molar-refractivity contribution >= 4 is 36.9 Å². The van der Waals surface area contributed by atoms with Gasteiger partial charge in [0.2, 0.25) is 0 Å². The Morgan fingerprint density at radius 1 is 1.35 bits per heavy atom. The molecule has 0 aromatic carbocycles. The Kier molecular flexibility index (Phi) is 8.79. The molecule has 0 aliphatic rings. The lowest BCUT2D eigenvalue weighted by Crippen LogP contribution is -2.17. The second kappa shape index (κ2) is 9.73. The van der Waals surface area contributed by atoms with Gasteiger partial charge in [0.05, 0.1) is 18.5 Å². The third kappa shape index (κ3) is 5.17. The molecule has 0 fully saturated rings. The van der Waals surface area contributed by atoms with E-state index in [1.54, 1.807) is 19.1 Å². The van der Waals surface area contributed by atoms with Gasteiger partial charge in [-0.3, -0.25) is 14.8 Å². The maximum atomic E-state index is 11.8. The summed E-state index contributed by atoms with van der Waals surface area (Å²) in [7, 11) is 0. The summed E-state index contributed by atoms with van der Waals surface area (Å²) in [5, 5.41) is 22.9. The van der Waals surface area contributed by atoms with Crippen molar-refractivity contribution in [2.75, 3.05) is 0 Å². The van der Waals surface area contributed by atoms with E-state index in [2.05, 4.69) is 20.5 Å². The number of nitrogens with zero attached hydrogens (tertiary/aromatic N) is 3. The smallest absolute Gasteiger partial charge is 0.271 e. The van der Waals surface area contributed by atoms with Crippen LogP contribution >= 0.6 is 24.8 Å². The molecule has 0 radical (unpaired) electrons. The molecular weight excluding hydrogens is 343 g/mol. The molecule has 2 aromatic rings. The molecule has 0 unspecified atom stereocenters. The maximum Gasteiger partial charge on any atom is 0.271 e. The van der Waals surface area contributed by atoms with E-state index in [0.29, 0.717) is 22.4 Å². The first-order chi connectivity index (χ1) is 10.1. The largest absolute Gasteiger partial charge is 0.505 e. The zero-order valence-electron chi connectivity index (χ0n) is 12.1. The highest BCUT2D eigenvalue weighted by Crippen LogP contribution is 2.21. The minimum Gasteiger partial charge on any atom is -0.505 e. The molecule has 7 nitrogen and oxygen atoms in total. The number of aliphatic hydroxyl groups is 1. The molecule has 124 valence electrons. The molecule has 2 heterocycles. The van der Waals surface area contributed by atoms with E-state index in [9.17, 15) is 15.0 Å². The van der Waals surface area contributed by atoms with Gasteiger partial charge in [0.1, 0.15) is 5.75 Å². The highest BCUT2D eigenvalue weighted by molar-refractivity contribution is 5.95. The number of hydrogen-bond acceptors (Lipinski definition) is 6. The zero-order chi connectivity index (χ0) is 15.2. The van der Waals surface area contributed by atoms with Crippen LogP contribution in [0, 0.1) is 6.92 Å². The molecule has 3 N–H and O–H groups in total. The molecule has 2 rings (SSSR count). The van der Waals surface area contributed by atoms with Crippen LogP contribution in [0.5, 0.6) is 5.75 Å². The predicted molar refractivity (Wildman–Crippen MR) is 90.4 cm³/mol. The SMILES string of the molecule is Cc1ncc(CO)c(/C=N/NC(=O)c2ccncc2)c1O.Cl.Cl. The van der Waals surface area contributed by atoms with Gasteiger partial charge in [-0.15, -0.1) is 24.8 Å². The molecule has 23 heavy (non-hydrogen) atoms.